The third-order valence-electron chi connectivity index (χ3n) is 6.52. The normalized spacial score (nSPS) is 22.2. The minimum Gasteiger partial charge on any atom is -0.397 e. The SMILES string of the molecule is Cc1ccc2c(N)c(C(=O)N[C@H]3CCc4nc(N5CCC(F)(F)[C@H](N)C5)ccc4C3)sc2n1. The minimum atomic E-state index is -2.83. The van der Waals surface area contributed by atoms with Crippen molar-refractivity contribution in [2.24, 2.45) is 5.73 Å². The third kappa shape index (κ3) is 4.13. The van der Waals surface area contributed by atoms with E-state index >= 15 is 0 Å². The molecule has 1 fully saturated rings. The maximum Gasteiger partial charge on any atom is 0.266 e. The maximum absolute atomic E-state index is 13.7. The predicted molar refractivity (Wildman–Crippen MR) is 126 cm³/mol. The lowest BCUT2D eigenvalue weighted by atomic mass is 9.91. The van der Waals surface area contributed by atoms with E-state index in [-0.39, 0.29) is 31.5 Å². The highest BCUT2D eigenvalue weighted by Gasteiger charge is 2.42. The van der Waals surface area contributed by atoms with Crippen molar-refractivity contribution in [1.82, 2.24) is 15.3 Å². The lowest BCUT2D eigenvalue weighted by Gasteiger charge is -2.37. The molecule has 5 rings (SSSR count). The van der Waals surface area contributed by atoms with Crippen LogP contribution in [0.5, 0.6) is 0 Å². The molecule has 2 aliphatic rings. The zero-order valence-corrected chi connectivity index (χ0v) is 19.1. The number of nitrogen functional groups attached to an aromatic ring is 1. The highest BCUT2D eigenvalue weighted by atomic mass is 32.1. The van der Waals surface area contributed by atoms with Crippen LogP contribution in [0, 0.1) is 6.92 Å². The van der Waals surface area contributed by atoms with Crippen LogP contribution in [0.4, 0.5) is 20.3 Å². The molecule has 0 saturated carbocycles. The number of halogens is 2. The van der Waals surface area contributed by atoms with Crippen molar-refractivity contribution in [3.8, 4) is 0 Å². The number of alkyl halides is 2. The van der Waals surface area contributed by atoms with Gasteiger partial charge in [-0.05, 0) is 49.9 Å². The van der Waals surface area contributed by atoms with Gasteiger partial charge in [0, 0.05) is 42.3 Å². The predicted octanol–water partition coefficient (Wildman–Crippen LogP) is 3.04. The second-order valence-electron chi connectivity index (χ2n) is 8.90. The van der Waals surface area contributed by atoms with Crippen LogP contribution >= 0.6 is 11.3 Å². The summed E-state index contributed by atoms with van der Waals surface area (Å²) in [5, 5.41) is 3.91. The molecular formula is C23H26F2N6OS. The molecule has 0 aromatic carbocycles. The quantitative estimate of drug-likeness (QED) is 0.541. The number of fused-ring (bicyclic) bond motifs is 2. The number of carbonyl (C=O) groups is 1. The van der Waals surface area contributed by atoms with E-state index in [0.717, 1.165) is 33.6 Å². The Morgan fingerprint density at radius 2 is 2.09 bits per heavy atom. The van der Waals surface area contributed by atoms with Crippen LogP contribution in [0.15, 0.2) is 24.3 Å². The van der Waals surface area contributed by atoms with Gasteiger partial charge in [-0.15, -0.1) is 11.3 Å². The molecule has 5 N–H and O–H groups in total. The largest absolute Gasteiger partial charge is 0.397 e. The molecule has 2 atom stereocenters. The number of aryl methyl sites for hydroxylation is 2. The molecule has 10 heteroatoms. The number of nitrogens with two attached hydrogens (primary N) is 2. The average Bonchev–Trinajstić information content (AvgIpc) is 3.11. The monoisotopic (exact) mass is 472 g/mol. The highest BCUT2D eigenvalue weighted by molar-refractivity contribution is 7.21. The van der Waals surface area contributed by atoms with E-state index in [2.05, 4.69) is 10.3 Å². The van der Waals surface area contributed by atoms with E-state index in [4.69, 9.17) is 16.5 Å². The Bertz CT molecular complexity index is 1230. The van der Waals surface area contributed by atoms with Crippen molar-refractivity contribution in [1.29, 1.82) is 0 Å². The van der Waals surface area contributed by atoms with Gasteiger partial charge in [0.1, 0.15) is 15.5 Å². The molecule has 1 saturated heterocycles. The summed E-state index contributed by atoms with van der Waals surface area (Å²) in [6.07, 6.45) is 1.84. The van der Waals surface area contributed by atoms with Crippen LogP contribution in [0.3, 0.4) is 0 Å². The van der Waals surface area contributed by atoms with Crippen LogP contribution in [0.25, 0.3) is 10.2 Å². The minimum absolute atomic E-state index is 0.0286. The van der Waals surface area contributed by atoms with Gasteiger partial charge in [0.2, 0.25) is 0 Å². The number of carbonyl (C=O) groups excluding carboxylic acids is 1. The van der Waals surface area contributed by atoms with Crippen molar-refractivity contribution in [3.05, 3.63) is 46.1 Å². The zero-order valence-electron chi connectivity index (χ0n) is 18.3. The Balaban J connectivity index is 1.27. The van der Waals surface area contributed by atoms with E-state index in [1.54, 1.807) is 0 Å². The maximum atomic E-state index is 13.7. The second kappa shape index (κ2) is 8.18. The molecule has 4 heterocycles. The summed E-state index contributed by atoms with van der Waals surface area (Å²) >= 11 is 1.31. The van der Waals surface area contributed by atoms with Crippen LogP contribution < -0.4 is 21.7 Å². The van der Waals surface area contributed by atoms with Crippen LogP contribution in [-0.4, -0.2) is 47.0 Å². The fourth-order valence-electron chi connectivity index (χ4n) is 4.55. The molecule has 0 unspecified atom stereocenters. The Morgan fingerprint density at radius 1 is 1.27 bits per heavy atom. The fourth-order valence-corrected chi connectivity index (χ4v) is 5.59. The first-order valence-corrected chi connectivity index (χ1v) is 11.9. The molecule has 3 aromatic heterocycles. The number of nitrogens with one attached hydrogen (secondary N) is 1. The van der Waals surface area contributed by atoms with Crippen molar-refractivity contribution < 1.29 is 13.6 Å². The highest BCUT2D eigenvalue weighted by Crippen LogP contribution is 2.33. The number of aromatic nitrogens is 2. The number of hydrogen-bond donors (Lipinski definition) is 3. The molecule has 1 aliphatic carbocycles. The zero-order chi connectivity index (χ0) is 23.3. The number of anilines is 2. The lowest BCUT2D eigenvalue weighted by Crippen LogP contribution is -2.55. The molecule has 0 bridgehead atoms. The summed E-state index contributed by atoms with van der Waals surface area (Å²) in [6, 6.07) is 6.40. The number of amides is 1. The first-order chi connectivity index (χ1) is 15.7. The van der Waals surface area contributed by atoms with Gasteiger partial charge in [-0.1, -0.05) is 6.07 Å². The summed E-state index contributed by atoms with van der Waals surface area (Å²) in [4.78, 5) is 25.2. The van der Waals surface area contributed by atoms with E-state index in [1.165, 1.54) is 11.3 Å². The van der Waals surface area contributed by atoms with Crippen molar-refractivity contribution >= 4 is 39.0 Å². The average molecular weight is 473 g/mol. The van der Waals surface area contributed by atoms with Gasteiger partial charge >= 0.3 is 0 Å². The van der Waals surface area contributed by atoms with E-state index in [1.807, 2.05) is 36.1 Å². The first kappa shape index (κ1) is 22.0. The molecule has 0 radical (unpaired) electrons. The Kier molecular flexibility index (Phi) is 5.44. The smallest absolute Gasteiger partial charge is 0.266 e. The van der Waals surface area contributed by atoms with Crippen LogP contribution in [0.1, 0.15) is 39.5 Å². The van der Waals surface area contributed by atoms with Gasteiger partial charge in [-0.3, -0.25) is 4.79 Å². The second-order valence-corrected chi connectivity index (χ2v) is 9.90. The molecule has 3 aromatic rings. The number of hydrogen-bond acceptors (Lipinski definition) is 7. The molecule has 0 spiro atoms. The van der Waals surface area contributed by atoms with Gasteiger partial charge in [0.15, 0.2) is 0 Å². The summed E-state index contributed by atoms with van der Waals surface area (Å²) in [6.45, 7) is 2.22. The van der Waals surface area contributed by atoms with Gasteiger partial charge in [0.25, 0.3) is 11.8 Å². The first-order valence-electron chi connectivity index (χ1n) is 11.0. The Morgan fingerprint density at radius 3 is 2.88 bits per heavy atom. The Hall–Kier alpha value is -2.85. The van der Waals surface area contributed by atoms with Crippen LogP contribution in [0.2, 0.25) is 0 Å². The number of rotatable bonds is 3. The summed E-state index contributed by atoms with van der Waals surface area (Å²) in [7, 11) is 0. The molecule has 7 nitrogen and oxygen atoms in total. The van der Waals surface area contributed by atoms with E-state index in [9.17, 15) is 13.6 Å². The van der Waals surface area contributed by atoms with Gasteiger partial charge < -0.3 is 21.7 Å². The lowest BCUT2D eigenvalue weighted by molar-refractivity contribution is -0.0394. The number of nitrogens with zero attached hydrogens (tertiary/aromatic N) is 3. The van der Waals surface area contributed by atoms with Crippen molar-refractivity contribution in [2.45, 2.75) is 50.6 Å². The summed E-state index contributed by atoms with van der Waals surface area (Å²) in [5.41, 5.74) is 15.2. The number of piperidine rings is 1. The summed E-state index contributed by atoms with van der Waals surface area (Å²) < 4.78 is 27.4. The topological polar surface area (TPSA) is 110 Å². The van der Waals surface area contributed by atoms with E-state index in [0.29, 0.717) is 29.2 Å². The molecule has 174 valence electrons. The van der Waals surface area contributed by atoms with E-state index < -0.39 is 12.0 Å². The number of thiophene rings is 1. The molecule has 33 heavy (non-hydrogen) atoms. The third-order valence-corrected chi connectivity index (χ3v) is 7.64. The number of pyridine rings is 2. The van der Waals surface area contributed by atoms with Crippen LogP contribution in [-0.2, 0) is 12.8 Å². The summed E-state index contributed by atoms with van der Waals surface area (Å²) in [5.74, 6) is -2.33. The Labute approximate surface area is 194 Å². The fraction of sp³-hybridized carbons (Fsp3) is 0.435. The standard InChI is InChI=1S/C23H26F2N6OS/c1-12-2-5-15-19(27)20(33-22(15)28-12)21(32)29-14-4-6-16-13(10-14)3-7-18(30-16)31-9-8-23(24,25)17(26)11-31/h2-3,5,7,14,17H,4,6,8-11,26-27H2,1H3,(H,29,32)/t14-,17+/m0/s1. The van der Waals surface area contributed by atoms with Crippen molar-refractivity contribution in [2.75, 3.05) is 23.7 Å². The molecule has 1 amide bonds. The van der Waals surface area contributed by atoms with Crippen molar-refractivity contribution in [3.63, 3.8) is 0 Å². The van der Waals surface area contributed by atoms with Gasteiger partial charge in [-0.2, -0.15) is 0 Å². The molecule has 1 aliphatic heterocycles. The molecular weight excluding hydrogens is 446 g/mol. The van der Waals surface area contributed by atoms with Gasteiger partial charge in [0.05, 0.1) is 11.7 Å². The van der Waals surface area contributed by atoms with Gasteiger partial charge in [-0.25, -0.2) is 18.7 Å².